The van der Waals surface area contributed by atoms with Gasteiger partial charge in [0.25, 0.3) is 0 Å². The first-order valence-corrected chi connectivity index (χ1v) is 10.5. The van der Waals surface area contributed by atoms with Crippen LogP contribution in [0.15, 0.2) is 54.6 Å². The minimum absolute atomic E-state index is 0.0724. The van der Waals surface area contributed by atoms with Gasteiger partial charge in [0.05, 0.1) is 5.69 Å². The SMILES string of the molecule is Cc1nc(-c2ccccc2)sc1CN1CCC(C(=O)c2ccc(O)cc2)CC1. The molecule has 4 nitrogen and oxygen atoms in total. The second-order valence-corrected chi connectivity index (χ2v) is 8.44. The van der Waals surface area contributed by atoms with Crippen molar-refractivity contribution >= 4 is 17.1 Å². The number of benzene rings is 2. The lowest BCUT2D eigenvalue weighted by molar-refractivity contribution is 0.0835. The summed E-state index contributed by atoms with van der Waals surface area (Å²) in [5.74, 6) is 0.462. The Bertz CT molecular complexity index is 942. The van der Waals surface area contributed by atoms with Gasteiger partial charge in [-0.3, -0.25) is 9.69 Å². The molecule has 0 bridgehead atoms. The van der Waals surface area contributed by atoms with Crippen LogP contribution in [0.1, 0.15) is 33.8 Å². The quantitative estimate of drug-likeness (QED) is 0.626. The first kappa shape index (κ1) is 18.8. The fourth-order valence-electron chi connectivity index (χ4n) is 3.70. The number of phenolic OH excluding ortho intramolecular Hbond substituents is 1. The average Bonchev–Trinajstić information content (AvgIpc) is 3.10. The van der Waals surface area contributed by atoms with Crippen molar-refractivity contribution in [1.82, 2.24) is 9.88 Å². The number of Topliss-reactive ketones (excluding diaryl/α,β-unsaturated/α-hetero) is 1. The van der Waals surface area contributed by atoms with Gasteiger partial charge in [-0.2, -0.15) is 0 Å². The number of thiazole rings is 1. The van der Waals surface area contributed by atoms with Gasteiger partial charge in [-0.25, -0.2) is 4.98 Å². The van der Waals surface area contributed by atoms with Crippen LogP contribution in [-0.4, -0.2) is 33.9 Å². The van der Waals surface area contributed by atoms with Crippen molar-refractivity contribution < 1.29 is 9.90 Å². The predicted molar refractivity (Wildman–Crippen MR) is 113 cm³/mol. The summed E-state index contributed by atoms with van der Waals surface area (Å²) >= 11 is 1.77. The van der Waals surface area contributed by atoms with Crippen molar-refractivity contribution in [1.29, 1.82) is 0 Å². The van der Waals surface area contributed by atoms with Crippen molar-refractivity contribution in [2.45, 2.75) is 26.3 Å². The first-order chi connectivity index (χ1) is 13.6. The molecule has 0 radical (unpaired) electrons. The molecule has 5 heteroatoms. The molecule has 1 fully saturated rings. The van der Waals surface area contributed by atoms with Gasteiger partial charge in [0, 0.05) is 28.5 Å². The second kappa shape index (κ2) is 8.25. The van der Waals surface area contributed by atoms with E-state index in [0.717, 1.165) is 43.2 Å². The van der Waals surface area contributed by atoms with Gasteiger partial charge in [-0.15, -0.1) is 11.3 Å². The third kappa shape index (κ3) is 4.16. The number of hydrogen-bond acceptors (Lipinski definition) is 5. The van der Waals surface area contributed by atoms with E-state index in [1.807, 2.05) is 18.2 Å². The van der Waals surface area contributed by atoms with Gasteiger partial charge >= 0.3 is 0 Å². The number of carbonyl (C=O) groups is 1. The molecule has 28 heavy (non-hydrogen) atoms. The molecule has 0 saturated carbocycles. The number of carbonyl (C=O) groups excluding carboxylic acids is 1. The highest BCUT2D eigenvalue weighted by molar-refractivity contribution is 7.15. The molecule has 3 aromatic rings. The van der Waals surface area contributed by atoms with Crippen molar-refractivity contribution in [3.05, 3.63) is 70.7 Å². The van der Waals surface area contributed by atoms with E-state index in [1.54, 1.807) is 35.6 Å². The van der Waals surface area contributed by atoms with E-state index in [4.69, 9.17) is 4.98 Å². The van der Waals surface area contributed by atoms with Gasteiger partial charge in [-0.1, -0.05) is 30.3 Å². The number of rotatable bonds is 5. The van der Waals surface area contributed by atoms with Crippen molar-refractivity contribution in [2.75, 3.05) is 13.1 Å². The molecule has 2 heterocycles. The van der Waals surface area contributed by atoms with Gasteiger partial charge in [0.15, 0.2) is 5.78 Å². The summed E-state index contributed by atoms with van der Waals surface area (Å²) in [6, 6.07) is 16.9. The van der Waals surface area contributed by atoms with Crippen LogP contribution in [0.2, 0.25) is 0 Å². The molecule has 1 aliphatic rings. The third-order valence-electron chi connectivity index (χ3n) is 5.39. The van der Waals surface area contributed by atoms with Crippen LogP contribution in [0, 0.1) is 12.8 Å². The molecule has 1 aromatic heterocycles. The Hall–Kier alpha value is -2.50. The molecule has 144 valence electrons. The standard InChI is InChI=1S/C23H24N2O2S/c1-16-21(28-23(24-16)19-5-3-2-4-6-19)15-25-13-11-18(12-14-25)22(27)17-7-9-20(26)10-8-17/h2-10,18,26H,11-15H2,1H3. The maximum absolute atomic E-state index is 12.7. The molecule has 1 aliphatic heterocycles. The Morgan fingerprint density at radius 3 is 2.46 bits per heavy atom. The van der Waals surface area contributed by atoms with Crippen LogP contribution < -0.4 is 0 Å². The van der Waals surface area contributed by atoms with Gasteiger partial charge < -0.3 is 5.11 Å². The number of aromatic hydroxyl groups is 1. The lowest BCUT2D eigenvalue weighted by Crippen LogP contribution is -2.35. The van der Waals surface area contributed by atoms with Crippen LogP contribution >= 0.6 is 11.3 Å². The molecule has 1 saturated heterocycles. The number of likely N-dealkylation sites (tertiary alicyclic amines) is 1. The molecular weight excluding hydrogens is 368 g/mol. The monoisotopic (exact) mass is 392 g/mol. The molecule has 0 spiro atoms. The number of aromatic nitrogens is 1. The fraction of sp³-hybridized carbons (Fsp3) is 0.304. The van der Waals surface area contributed by atoms with E-state index < -0.39 is 0 Å². The number of ketones is 1. The average molecular weight is 393 g/mol. The molecular formula is C23H24N2O2S. The number of nitrogens with zero attached hydrogens (tertiary/aromatic N) is 2. The zero-order chi connectivity index (χ0) is 19.5. The summed E-state index contributed by atoms with van der Waals surface area (Å²) in [6.45, 7) is 4.83. The largest absolute Gasteiger partial charge is 0.508 e. The molecule has 0 unspecified atom stereocenters. The van der Waals surface area contributed by atoms with Crippen LogP contribution in [0.4, 0.5) is 0 Å². The second-order valence-electron chi connectivity index (χ2n) is 7.36. The minimum atomic E-state index is 0.0724. The van der Waals surface area contributed by atoms with E-state index >= 15 is 0 Å². The highest BCUT2D eigenvalue weighted by Gasteiger charge is 2.26. The predicted octanol–water partition coefficient (Wildman–Crippen LogP) is 4.92. The number of hydrogen-bond donors (Lipinski definition) is 1. The first-order valence-electron chi connectivity index (χ1n) is 9.67. The topological polar surface area (TPSA) is 53.4 Å². The maximum Gasteiger partial charge on any atom is 0.166 e. The molecule has 0 atom stereocenters. The summed E-state index contributed by atoms with van der Waals surface area (Å²) in [6.07, 6.45) is 1.76. The smallest absolute Gasteiger partial charge is 0.166 e. The summed E-state index contributed by atoms with van der Waals surface area (Å²) in [5, 5.41) is 10.5. The van der Waals surface area contributed by atoms with Crippen molar-refractivity contribution in [3.63, 3.8) is 0 Å². The summed E-state index contributed by atoms with van der Waals surface area (Å²) in [7, 11) is 0. The lowest BCUT2D eigenvalue weighted by Gasteiger charge is -2.31. The van der Waals surface area contributed by atoms with Crippen LogP contribution in [0.3, 0.4) is 0 Å². The van der Waals surface area contributed by atoms with Crippen LogP contribution in [0.25, 0.3) is 10.6 Å². The Morgan fingerprint density at radius 2 is 1.79 bits per heavy atom. The van der Waals surface area contributed by atoms with E-state index in [9.17, 15) is 9.90 Å². The number of piperidine rings is 1. The number of aryl methyl sites for hydroxylation is 1. The van der Waals surface area contributed by atoms with Crippen molar-refractivity contribution in [2.24, 2.45) is 5.92 Å². The van der Waals surface area contributed by atoms with Crippen LogP contribution in [0.5, 0.6) is 5.75 Å². The molecule has 0 amide bonds. The van der Waals surface area contributed by atoms with Gasteiger partial charge in [-0.05, 0) is 57.1 Å². The Balaban J connectivity index is 1.36. The third-order valence-corrected chi connectivity index (χ3v) is 6.58. The van der Waals surface area contributed by atoms with E-state index in [2.05, 4.69) is 24.0 Å². The summed E-state index contributed by atoms with van der Waals surface area (Å²) < 4.78 is 0. The van der Waals surface area contributed by atoms with E-state index in [-0.39, 0.29) is 17.5 Å². The Labute approximate surface area is 169 Å². The van der Waals surface area contributed by atoms with Gasteiger partial charge in [0.2, 0.25) is 0 Å². The van der Waals surface area contributed by atoms with Gasteiger partial charge in [0.1, 0.15) is 10.8 Å². The Morgan fingerprint density at radius 1 is 1.11 bits per heavy atom. The minimum Gasteiger partial charge on any atom is -0.508 e. The van der Waals surface area contributed by atoms with Crippen molar-refractivity contribution in [3.8, 4) is 16.3 Å². The molecule has 0 aliphatic carbocycles. The van der Waals surface area contributed by atoms with Crippen LogP contribution in [-0.2, 0) is 6.54 Å². The normalized spacial score (nSPS) is 15.6. The Kier molecular flexibility index (Phi) is 5.55. The summed E-state index contributed by atoms with van der Waals surface area (Å²) in [5.41, 5.74) is 2.97. The zero-order valence-electron chi connectivity index (χ0n) is 16.0. The maximum atomic E-state index is 12.7. The molecule has 4 rings (SSSR count). The highest BCUT2D eigenvalue weighted by Crippen LogP contribution is 2.30. The van der Waals surface area contributed by atoms with E-state index in [1.165, 1.54) is 10.4 Å². The fourth-order valence-corrected chi connectivity index (χ4v) is 4.81. The lowest BCUT2D eigenvalue weighted by atomic mass is 9.89. The molecule has 2 aromatic carbocycles. The summed E-state index contributed by atoms with van der Waals surface area (Å²) in [4.78, 5) is 21.2. The highest BCUT2D eigenvalue weighted by atomic mass is 32.1. The molecule has 1 N–H and O–H groups in total. The van der Waals surface area contributed by atoms with E-state index in [0.29, 0.717) is 5.56 Å². The zero-order valence-corrected chi connectivity index (χ0v) is 16.8. The number of phenols is 1.